The molecule has 2 aromatic carbocycles. The van der Waals surface area contributed by atoms with Gasteiger partial charge in [0.15, 0.2) is 0 Å². The van der Waals surface area contributed by atoms with Crippen LogP contribution in [0.5, 0.6) is 0 Å². The molecule has 234 valence electrons. The zero-order valence-corrected chi connectivity index (χ0v) is 28.2. The summed E-state index contributed by atoms with van der Waals surface area (Å²) in [7, 11) is -4.58. The molecule has 5 amide bonds. The smallest absolute Gasteiger partial charge is 0.748 e. The number of nitrogens with zero attached hydrogens (tertiary/aromatic N) is 1. The van der Waals surface area contributed by atoms with Crippen LogP contribution in [0.25, 0.3) is 0 Å². The van der Waals surface area contributed by atoms with Gasteiger partial charge in [-0.15, -0.1) is 0 Å². The van der Waals surface area contributed by atoms with Crippen LogP contribution in [0.4, 0.5) is 0 Å². The summed E-state index contributed by atoms with van der Waals surface area (Å²) < 4.78 is 32.6. The molecule has 0 aromatic heterocycles. The third kappa shape index (κ3) is 11.7. The van der Waals surface area contributed by atoms with Gasteiger partial charge in [-0.2, -0.15) is 0 Å². The maximum atomic E-state index is 13.2. The molecule has 0 saturated heterocycles. The van der Waals surface area contributed by atoms with Gasteiger partial charge in [0, 0.05) is 25.4 Å². The van der Waals surface area contributed by atoms with Crippen molar-refractivity contribution in [2.45, 2.75) is 40.2 Å². The van der Waals surface area contributed by atoms with Crippen LogP contribution in [-0.4, -0.2) is 77.5 Å². The largest absolute Gasteiger partial charge is 1.00 e. The Kier molecular flexibility index (Phi) is 15.9. The molecule has 0 radical (unpaired) electrons. The topological polar surface area (TPSA) is 202 Å². The SMILES string of the molecule is CC(C(=O)N[C@@H](Cc1ccccc1)C(=O)NCCS(=O)(=O)[O-])C(CN1C(=O)c2ccccc2C1=O)C(=O)NO.CC(C)C.[Na+]. The summed E-state index contributed by atoms with van der Waals surface area (Å²) in [4.78, 5) is 64.9. The predicted octanol–water partition coefficient (Wildman–Crippen LogP) is -1.90. The molecule has 4 N–H and O–H groups in total. The molecule has 2 aromatic rings. The predicted molar refractivity (Wildman–Crippen MR) is 155 cm³/mol. The number of fused-ring (bicyclic) bond motifs is 1. The van der Waals surface area contributed by atoms with E-state index >= 15 is 0 Å². The van der Waals surface area contributed by atoms with Crippen molar-refractivity contribution in [1.29, 1.82) is 0 Å². The van der Waals surface area contributed by atoms with Crippen LogP contribution in [0.15, 0.2) is 54.6 Å². The van der Waals surface area contributed by atoms with Crippen LogP contribution < -0.4 is 45.7 Å². The van der Waals surface area contributed by atoms with E-state index in [9.17, 15) is 42.2 Å². The molecule has 1 heterocycles. The molecule has 13 nitrogen and oxygen atoms in total. The van der Waals surface area contributed by atoms with Crippen molar-refractivity contribution in [3.63, 3.8) is 0 Å². The number of amides is 5. The number of nitrogens with one attached hydrogen (secondary N) is 3. The van der Waals surface area contributed by atoms with Crippen LogP contribution in [0.2, 0.25) is 0 Å². The average Bonchev–Trinajstić information content (AvgIpc) is 3.18. The van der Waals surface area contributed by atoms with Gasteiger partial charge in [-0.25, -0.2) is 13.9 Å². The van der Waals surface area contributed by atoms with Crippen molar-refractivity contribution in [3.05, 3.63) is 71.3 Å². The molecule has 1 aliphatic rings. The van der Waals surface area contributed by atoms with Gasteiger partial charge in [-0.3, -0.25) is 34.1 Å². The Morgan fingerprint density at radius 1 is 0.864 bits per heavy atom. The molecule has 0 spiro atoms. The van der Waals surface area contributed by atoms with Crippen LogP contribution in [0.1, 0.15) is 54.0 Å². The standard InChI is InChI=1S/C25H28N4O9S.C4H10.Na/c1-15(19(22(31)28-35)14-29-24(33)17-9-5-6-10-18(17)25(29)34)21(30)27-20(13-16-7-3-2-4-8-16)23(32)26-11-12-39(36,37)38;1-4(2)3;/h2-10,15,19-20,35H,11-14H2,1H3,(H,26,32)(H,27,30)(H,28,31)(H,36,37,38);4H,1-3H3;/q;;+1/p-1/t15?,19?,20-;;/m0../s1. The summed E-state index contributed by atoms with van der Waals surface area (Å²) in [6.45, 7) is 6.83. The molecule has 2 unspecified atom stereocenters. The van der Waals surface area contributed by atoms with Crippen LogP contribution >= 0.6 is 0 Å². The van der Waals surface area contributed by atoms with E-state index in [4.69, 9.17) is 0 Å². The molecule has 1 aliphatic heterocycles. The second-order valence-electron chi connectivity index (χ2n) is 10.7. The molecule has 0 fully saturated rings. The van der Waals surface area contributed by atoms with E-state index < -0.39 is 76.4 Å². The molecular weight excluding hydrogens is 603 g/mol. The Morgan fingerprint density at radius 2 is 1.36 bits per heavy atom. The van der Waals surface area contributed by atoms with Gasteiger partial charge in [-0.1, -0.05) is 70.2 Å². The minimum absolute atomic E-state index is 0. The van der Waals surface area contributed by atoms with E-state index in [0.29, 0.717) is 5.56 Å². The molecule has 3 atom stereocenters. The maximum absolute atomic E-state index is 13.2. The number of benzene rings is 2. The first-order chi connectivity index (χ1) is 20.2. The monoisotopic (exact) mass is 640 g/mol. The molecule has 0 aliphatic carbocycles. The average molecular weight is 641 g/mol. The zero-order chi connectivity index (χ0) is 32.3. The summed E-state index contributed by atoms with van der Waals surface area (Å²) in [5, 5.41) is 14.1. The molecule has 0 saturated carbocycles. The van der Waals surface area contributed by atoms with E-state index in [1.807, 2.05) is 0 Å². The first-order valence-electron chi connectivity index (χ1n) is 13.6. The van der Waals surface area contributed by atoms with Crippen molar-refractivity contribution in [3.8, 4) is 0 Å². The van der Waals surface area contributed by atoms with Gasteiger partial charge in [0.2, 0.25) is 17.7 Å². The van der Waals surface area contributed by atoms with Crippen LogP contribution in [0, 0.1) is 17.8 Å². The molecule has 0 bridgehead atoms. The fourth-order valence-corrected chi connectivity index (χ4v) is 4.47. The number of hydroxylamine groups is 1. The zero-order valence-electron chi connectivity index (χ0n) is 25.4. The van der Waals surface area contributed by atoms with Gasteiger partial charge in [0.1, 0.15) is 6.04 Å². The van der Waals surface area contributed by atoms with Gasteiger partial charge < -0.3 is 15.2 Å². The summed E-state index contributed by atoms with van der Waals surface area (Å²) in [6.07, 6.45) is -0.00940. The minimum Gasteiger partial charge on any atom is -0.748 e. The number of carbonyl (C=O) groups is 5. The Hall–Kier alpha value is -3.14. The molecule has 44 heavy (non-hydrogen) atoms. The Balaban J connectivity index is 0.00000182. The Labute approximate surface area is 279 Å². The minimum atomic E-state index is -4.58. The second kappa shape index (κ2) is 18.0. The summed E-state index contributed by atoms with van der Waals surface area (Å²) >= 11 is 0. The van der Waals surface area contributed by atoms with Gasteiger partial charge in [0.25, 0.3) is 11.8 Å². The van der Waals surface area contributed by atoms with Crippen LogP contribution in [0.3, 0.4) is 0 Å². The normalized spacial score (nSPS) is 14.3. The van der Waals surface area contributed by atoms with E-state index in [2.05, 4.69) is 31.4 Å². The van der Waals surface area contributed by atoms with Crippen molar-refractivity contribution in [2.75, 3.05) is 18.8 Å². The fourth-order valence-electron chi connectivity index (χ4n) is 4.12. The number of rotatable bonds is 12. The molecular formula is C29H37N4NaO9S. The van der Waals surface area contributed by atoms with E-state index in [1.54, 1.807) is 42.5 Å². The first-order valence-corrected chi connectivity index (χ1v) is 15.2. The second-order valence-corrected chi connectivity index (χ2v) is 12.2. The maximum Gasteiger partial charge on any atom is 1.00 e. The van der Waals surface area contributed by atoms with E-state index in [1.165, 1.54) is 24.5 Å². The van der Waals surface area contributed by atoms with E-state index in [0.717, 1.165) is 10.8 Å². The number of hydrogen-bond donors (Lipinski definition) is 4. The molecule has 3 rings (SSSR count). The van der Waals surface area contributed by atoms with Crippen molar-refractivity contribution >= 4 is 39.7 Å². The Morgan fingerprint density at radius 3 is 1.84 bits per heavy atom. The summed E-state index contributed by atoms with van der Waals surface area (Å²) in [5.41, 5.74) is 2.38. The number of imide groups is 1. The fraction of sp³-hybridized carbons (Fsp3) is 0.414. The quantitative estimate of drug-likeness (QED) is 0.0672. The van der Waals surface area contributed by atoms with E-state index in [-0.39, 0.29) is 47.1 Å². The summed E-state index contributed by atoms with van der Waals surface area (Å²) in [5.74, 6) is -6.57. The number of hydrogen-bond acceptors (Lipinski definition) is 9. The van der Waals surface area contributed by atoms with Gasteiger partial charge in [-0.05, 0) is 23.6 Å². The van der Waals surface area contributed by atoms with Crippen LogP contribution in [-0.2, 0) is 30.9 Å². The molecule has 15 heteroatoms. The first kappa shape index (κ1) is 38.9. The Bertz CT molecular complexity index is 1380. The van der Waals surface area contributed by atoms with Crippen molar-refractivity contribution in [2.24, 2.45) is 17.8 Å². The third-order valence-electron chi connectivity index (χ3n) is 6.29. The van der Waals surface area contributed by atoms with Gasteiger partial charge >= 0.3 is 29.6 Å². The van der Waals surface area contributed by atoms with Crippen molar-refractivity contribution in [1.82, 2.24) is 21.0 Å². The third-order valence-corrected chi connectivity index (χ3v) is 6.99. The summed E-state index contributed by atoms with van der Waals surface area (Å²) in [6, 6.07) is 13.4. The number of carbonyl (C=O) groups excluding carboxylic acids is 5. The van der Waals surface area contributed by atoms with Gasteiger partial charge in [0.05, 0.1) is 32.9 Å². The van der Waals surface area contributed by atoms with Crippen molar-refractivity contribution < 1.29 is 71.7 Å².